The van der Waals surface area contributed by atoms with Crippen molar-refractivity contribution in [2.75, 3.05) is 22.6 Å². The number of aromatic hydroxyl groups is 2. The molecule has 4 aliphatic heterocycles. The van der Waals surface area contributed by atoms with Crippen LogP contribution >= 0.6 is 0 Å². The third-order valence-corrected chi connectivity index (χ3v) is 11.7. The third-order valence-electron chi connectivity index (χ3n) is 11.7. The van der Waals surface area contributed by atoms with Crippen molar-refractivity contribution >= 4 is 45.5 Å². The van der Waals surface area contributed by atoms with Crippen LogP contribution in [-0.4, -0.2) is 81.6 Å². The largest absolute Gasteiger partial charge is 0.506 e. The first-order chi connectivity index (χ1) is 27.4. The second-order valence-corrected chi connectivity index (χ2v) is 15.7. The molecule has 4 bridgehead atoms. The number of aliphatic hydroxyl groups excluding tert-OH is 2. The molecule has 6 N–H and O–H groups in total. The minimum Gasteiger partial charge on any atom is -0.506 e. The zero-order valence-electron chi connectivity index (χ0n) is 34.0. The van der Waals surface area contributed by atoms with Crippen molar-refractivity contribution in [1.82, 2.24) is 0 Å². The molecule has 14 nitrogen and oxygen atoms in total. The molecule has 2 aromatic carbocycles. The summed E-state index contributed by atoms with van der Waals surface area (Å²) in [6.45, 7) is 13.1. The van der Waals surface area contributed by atoms with Gasteiger partial charge >= 0.3 is 11.8 Å². The molecule has 308 valence electrons. The van der Waals surface area contributed by atoms with Crippen molar-refractivity contribution in [2.24, 2.45) is 23.7 Å². The molecule has 0 spiro atoms. The van der Waals surface area contributed by atoms with E-state index in [1.165, 1.54) is 33.3 Å². The fourth-order valence-electron chi connectivity index (χ4n) is 8.26. The molecule has 0 saturated carbocycles. The predicted molar refractivity (Wildman–Crippen MR) is 218 cm³/mol. The highest BCUT2D eigenvalue weighted by molar-refractivity contribution is 6.27. The number of phenols is 2. The van der Waals surface area contributed by atoms with Crippen LogP contribution in [0.5, 0.6) is 17.2 Å². The van der Waals surface area contributed by atoms with E-state index in [1.54, 1.807) is 63.9 Å². The van der Waals surface area contributed by atoms with Crippen LogP contribution in [0.2, 0.25) is 0 Å². The Kier molecular flexibility index (Phi) is 11.5. The number of amides is 1. The normalized spacial score (nSPS) is 31.1. The Morgan fingerprint density at radius 1 is 1.00 bits per heavy atom. The minimum absolute atomic E-state index is 0.0506. The summed E-state index contributed by atoms with van der Waals surface area (Å²) in [5, 5.41) is 52.8. The van der Waals surface area contributed by atoms with Crippen LogP contribution in [0.1, 0.15) is 71.3 Å². The van der Waals surface area contributed by atoms with Gasteiger partial charge in [-0.3, -0.25) is 14.4 Å². The van der Waals surface area contributed by atoms with E-state index in [0.717, 1.165) is 5.57 Å². The molecule has 0 aliphatic carbocycles. The first kappa shape index (κ1) is 41.9. The quantitative estimate of drug-likeness (QED) is 0.0931. The number of hydrogen-bond acceptors (Lipinski definition) is 13. The summed E-state index contributed by atoms with van der Waals surface area (Å²) in [6, 6.07) is 0. The van der Waals surface area contributed by atoms with Gasteiger partial charge < -0.3 is 54.9 Å². The van der Waals surface area contributed by atoms with E-state index in [2.05, 4.69) is 16.6 Å². The highest BCUT2D eigenvalue weighted by atomic mass is 16.7. The molecular weight excluding hydrogens is 746 g/mol. The number of rotatable bonds is 2. The topological polar surface area (TPSA) is 196 Å². The number of carbonyl (C=O) groups is 3. The Labute approximate surface area is 337 Å². The van der Waals surface area contributed by atoms with E-state index in [0.29, 0.717) is 11.4 Å². The number of Topliss-reactive ketones (excluding diaryl/α,β-unsaturated/α-hetero) is 1. The van der Waals surface area contributed by atoms with Crippen LogP contribution < -0.4 is 20.3 Å². The third kappa shape index (κ3) is 7.08. The number of phenolic OH excluding ortho intramolecular Hbond substituents is 2. The Bertz CT molecular complexity index is 2250. The van der Waals surface area contributed by atoms with Crippen LogP contribution in [0.4, 0.5) is 17.1 Å². The number of terminal acetylenes is 1. The Morgan fingerprint density at radius 3 is 2.36 bits per heavy atom. The predicted octanol–water partition coefficient (Wildman–Crippen LogP) is 5.75. The number of esters is 1. The zero-order valence-corrected chi connectivity index (χ0v) is 34.0. The summed E-state index contributed by atoms with van der Waals surface area (Å²) in [7, 11) is 1.45. The van der Waals surface area contributed by atoms with Crippen LogP contribution in [0.15, 0.2) is 60.1 Å². The van der Waals surface area contributed by atoms with Gasteiger partial charge in [0.2, 0.25) is 0 Å². The molecule has 14 heteroatoms. The maximum absolute atomic E-state index is 14.6. The number of benzene rings is 2. The first-order valence-electron chi connectivity index (χ1n) is 19.2. The summed E-state index contributed by atoms with van der Waals surface area (Å²) in [5.74, 6) is -5.17. The van der Waals surface area contributed by atoms with E-state index in [1.807, 2.05) is 19.1 Å². The minimum atomic E-state index is -2.03. The molecule has 58 heavy (non-hydrogen) atoms. The van der Waals surface area contributed by atoms with Gasteiger partial charge in [0.25, 0.3) is 11.7 Å². The maximum Gasteiger partial charge on any atom is 0.312 e. The summed E-state index contributed by atoms with van der Waals surface area (Å²) < 4.78 is 23.8. The number of aliphatic hydroxyl groups is 2. The number of nitrogens with zero attached hydrogens (tertiary/aromatic N) is 1. The lowest BCUT2D eigenvalue weighted by Gasteiger charge is -2.38. The fraction of sp³-hybridized carbons (Fsp3) is 0.432. The summed E-state index contributed by atoms with van der Waals surface area (Å²) >= 11 is 0. The molecule has 1 amide bonds. The monoisotopic (exact) mass is 797 g/mol. The van der Waals surface area contributed by atoms with Gasteiger partial charge in [-0.1, -0.05) is 51.8 Å². The SMILES string of the molecule is C#Cc1c2c3c4c5c(c(c(O)c4c1O)NC(=O)C(C)=CC=CC(C)C(O)C(C)C(O)C(C)C(OC(C)=O)C(C)C(OC)C=COC(C)(O2)C3=O)N1C=CC(C)=CC1N5. The molecule has 0 radical (unpaired) electrons. The van der Waals surface area contributed by atoms with Crippen LogP contribution in [0, 0.1) is 36.0 Å². The highest BCUT2D eigenvalue weighted by Gasteiger charge is 2.51. The number of fused-ring (bicyclic) bond motifs is 2. The average molecular weight is 798 g/mol. The van der Waals surface area contributed by atoms with E-state index in [4.69, 9.17) is 25.4 Å². The molecule has 0 fully saturated rings. The van der Waals surface area contributed by atoms with Crippen LogP contribution in [0.3, 0.4) is 0 Å². The molecule has 10 unspecified atom stereocenters. The van der Waals surface area contributed by atoms with Crippen molar-refractivity contribution in [3.05, 3.63) is 71.2 Å². The van der Waals surface area contributed by atoms with Gasteiger partial charge in [-0.15, -0.1) is 6.42 Å². The number of methoxy groups -OCH3 is 1. The van der Waals surface area contributed by atoms with Crippen molar-refractivity contribution in [3.8, 4) is 29.6 Å². The Morgan fingerprint density at radius 2 is 1.71 bits per heavy atom. The number of carbonyl (C=O) groups excluding carboxylic acids is 3. The summed E-state index contributed by atoms with van der Waals surface area (Å²) in [4.78, 5) is 42.6. The number of hydrogen-bond donors (Lipinski definition) is 6. The fourth-order valence-corrected chi connectivity index (χ4v) is 8.26. The van der Waals surface area contributed by atoms with Gasteiger partial charge in [0.1, 0.15) is 29.3 Å². The number of ketones is 1. The standard InChI is InChI=1S/C44H51N3O11/c1-11-27-38(51)31-30-32-41(27)58-44(9,42(32)53)56-18-16-28(55-10)23(5)40(57-26(8)48)25(7)37(50)24(6)36(49)21(3)13-12-14-22(4)43(54)46-34(39(31)52)35-33(30)45-29-19-20(2)15-17-47(29)35/h1,12-19,21,23-25,28-29,36-37,40,45,49-52H,2-10H3,(H,46,54). The lowest BCUT2D eigenvalue weighted by molar-refractivity contribution is -0.160. The maximum atomic E-state index is 14.6. The smallest absolute Gasteiger partial charge is 0.312 e. The first-order valence-corrected chi connectivity index (χ1v) is 19.2. The van der Waals surface area contributed by atoms with Gasteiger partial charge in [0.15, 0.2) is 11.5 Å². The lowest BCUT2D eigenvalue weighted by Crippen LogP contribution is -2.46. The summed E-state index contributed by atoms with van der Waals surface area (Å²) in [5.41, 5.74) is 1.45. The van der Waals surface area contributed by atoms with Gasteiger partial charge in [0.05, 0.1) is 46.9 Å². The van der Waals surface area contributed by atoms with Crippen molar-refractivity contribution in [1.29, 1.82) is 0 Å². The molecule has 2 aromatic rings. The molecular formula is C44H51N3O11. The highest BCUT2D eigenvalue weighted by Crippen LogP contribution is 2.59. The molecule has 0 aromatic heterocycles. The van der Waals surface area contributed by atoms with E-state index in [9.17, 15) is 34.8 Å². The Balaban J connectivity index is 1.56. The molecule has 10 atom stereocenters. The second-order valence-electron chi connectivity index (χ2n) is 15.7. The number of ether oxygens (including phenoxy) is 4. The molecule has 4 aliphatic rings. The summed E-state index contributed by atoms with van der Waals surface area (Å²) in [6.07, 6.45) is 14.7. The van der Waals surface area contributed by atoms with Gasteiger partial charge in [0, 0.05) is 61.8 Å². The number of nitrogens with one attached hydrogen (secondary N) is 2. The van der Waals surface area contributed by atoms with Crippen LogP contribution in [0.25, 0.3) is 10.8 Å². The Hall–Kier alpha value is -5.75. The van der Waals surface area contributed by atoms with Crippen LogP contribution in [-0.2, 0) is 23.8 Å². The van der Waals surface area contributed by atoms with Gasteiger partial charge in [-0.05, 0) is 37.6 Å². The average Bonchev–Trinajstić information content (AvgIpc) is 3.68. The van der Waals surface area contributed by atoms with E-state index in [-0.39, 0.29) is 38.9 Å². The molecule has 6 rings (SSSR count). The second kappa shape index (κ2) is 15.9. The van der Waals surface area contributed by atoms with Crippen molar-refractivity contribution < 1.29 is 53.8 Å². The number of anilines is 3. The molecule has 0 saturated heterocycles. The van der Waals surface area contributed by atoms with Gasteiger partial charge in [-0.25, -0.2) is 0 Å². The zero-order chi connectivity index (χ0) is 42.5. The van der Waals surface area contributed by atoms with E-state index >= 15 is 0 Å². The molecule has 4 heterocycles. The lowest BCUT2D eigenvalue weighted by atomic mass is 9.78. The van der Waals surface area contributed by atoms with Crippen molar-refractivity contribution in [2.45, 2.75) is 91.8 Å². The number of allylic oxidation sites excluding steroid dienone is 4. The van der Waals surface area contributed by atoms with Crippen molar-refractivity contribution in [3.63, 3.8) is 0 Å². The van der Waals surface area contributed by atoms with Gasteiger partial charge in [-0.2, -0.15) is 0 Å². The van der Waals surface area contributed by atoms with E-state index < -0.39 is 89.2 Å².